The van der Waals surface area contributed by atoms with Crippen molar-refractivity contribution in [2.24, 2.45) is 0 Å². The first kappa shape index (κ1) is 23.1. The third-order valence-electron chi connectivity index (χ3n) is 5.34. The zero-order valence-corrected chi connectivity index (χ0v) is 20.5. The van der Waals surface area contributed by atoms with E-state index < -0.39 is 10.0 Å². The summed E-state index contributed by atoms with van der Waals surface area (Å²) < 4.78 is 39.6. The maximum atomic E-state index is 12.8. The number of nitrogens with zero attached hydrogens (tertiary/aromatic N) is 1. The van der Waals surface area contributed by atoms with Gasteiger partial charge in [0.25, 0.3) is 15.9 Å². The van der Waals surface area contributed by atoms with Gasteiger partial charge in [-0.05, 0) is 73.5 Å². The molecule has 0 unspecified atom stereocenters. The summed E-state index contributed by atoms with van der Waals surface area (Å²) in [7, 11) is -2.27. The van der Waals surface area contributed by atoms with Crippen LogP contribution in [-0.4, -0.2) is 34.1 Å². The fourth-order valence-corrected chi connectivity index (χ4v) is 5.27. The van der Waals surface area contributed by atoms with E-state index in [1.54, 1.807) is 29.2 Å². The monoisotopic (exact) mass is 530 g/mol. The first-order valence-electron chi connectivity index (χ1n) is 10.3. The lowest BCUT2D eigenvalue weighted by molar-refractivity contribution is -0.120. The Bertz CT molecular complexity index is 1280. The molecule has 0 aromatic heterocycles. The van der Waals surface area contributed by atoms with Gasteiger partial charge in [0.1, 0.15) is 11.5 Å². The van der Waals surface area contributed by atoms with Crippen LogP contribution in [0.25, 0.3) is 0 Å². The molecule has 7 nitrogen and oxygen atoms in total. The SMILES string of the molecule is COc1cccc(NS(=O)(=O)c2ccc(OCC(=O)N3c4ccc(Br)cc4C[C@@H]3C)cc2)c1. The van der Waals surface area contributed by atoms with Crippen LogP contribution in [0.2, 0.25) is 0 Å². The molecule has 1 aliphatic heterocycles. The van der Waals surface area contributed by atoms with Crippen LogP contribution in [0.1, 0.15) is 12.5 Å². The largest absolute Gasteiger partial charge is 0.497 e. The molecular formula is C24H23BrN2O5S. The van der Waals surface area contributed by atoms with Crippen molar-refractivity contribution in [3.63, 3.8) is 0 Å². The molecule has 0 radical (unpaired) electrons. The van der Waals surface area contributed by atoms with Gasteiger partial charge < -0.3 is 14.4 Å². The highest BCUT2D eigenvalue weighted by Crippen LogP contribution is 2.34. The molecule has 0 saturated heterocycles. The van der Waals surface area contributed by atoms with Crippen LogP contribution in [0.3, 0.4) is 0 Å². The van der Waals surface area contributed by atoms with Gasteiger partial charge >= 0.3 is 0 Å². The number of carbonyl (C=O) groups is 1. The Balaban J connectivity index is 1.40. The molecule has 4 rings (SSSR count). The molecule has 1 N–H and O–H groups in total. The van der Waals surface area contributed by atoms with Gasteiger partial charge in [0.05, 0.1) is 17.7 Å². The van der Waals surface area contributed by atoms with Crippen LogP contribution in [0.15, 0.2) is 76.1 Å². The normalized spacial score (nSPS) is 15.1. The topological polar surface area (TPSA) is 84.9 Å². The summed E-state index contributed by atoms with van der Waals surface area (Å²) in [5, 5.41) is 0. The highest BCUT2D eigenvalue weighted by atomic mass is 79.9. The van der Waals surface area contributed by atoms with Gasteiger partial charge in [0.15, 0.2) is 6.61 Å². The van der Waals surface area contributed by atoms with Crippen LogP contribution in [0.5, 0.6) is 11.5 Å². The van der Waals surface area contributed by atoms with E-state index in [-0.39, 0.29) is 23.5 Å². The number of halogens is 1. The summed E-state index contributed by atoms with van der Waals surface area (Å²) >= 11 is 3.47. The van der Waals surface area contributed by atoms with Gasteiger partial charge in [-0.15, -0.1) is 0 Å². The van der Waals surface area contributed by atoms with Crippen LogP contribution in [0, 0.1) is 0 Å². The molecule has 1 amide bonds. The standard InChI is InChI=1S/C24H23BrN2O5S/c1-16-12-17-13-18(25)6-11-23(17)27(16)24(28)15-32-20-7-9-22(10-8-20)33(29,30)26-19-4-3-5-21(14-19)31-2/h3-11,13-14,16,26H,12,15H2,1-2H3/t16-/m0/s1. The Hall–Kier alpha value is -3.04. The first-order valence-corrected chi connectivity index (χ1v) is 12.5. The molecule has 172 valence electrons. The zero-order valence-electron chi connectivity index (χ0n) is 18.1. The van der Waals surface area contributed by atoms with E-state index in [0.717, 1.165) is 22.1 Å². The number of sulfonamides is 1. The lowest BCUT2D eigenvalue weighted by atomic mass is 10.1. The molecule has 0 aliphatic carbocycles. The van der Waals surface area contributed by atoms with E-state index in [1.807, 2.05) is 25.1 Å². The number of fused-ring (bicyclic) bond motifs is 1. The predicted molar refractivity (Wildman–Crippen MR) is 131 cm³/mol. The number of benzene rings is 3. The zero-order chi connectivity index (χ0) is 23.6. The molecule has 3 aromatic rings. The Labute approximate surface area is 201 Å². The third-order valence-corrected chi connectivity index (χ3v) is 7.23. The molecule has 33 heavy (non-hydrogen) atoms. The molecule has 0 spiro atoms. The fourth-order valence-electron chi connectivity index (χ4n) is 3.81. The van der Waals surface area contributed by atoms with Crippen LogP contribution < -0.4 is 19.1 Å². The number of hydrogen-bond donors (Lipinski definition) is 1. The number of nitrogens with one attached hydrogen (secondary N) is 1. The summed E-state index contributed by atoms with van der Waals surface area (Å²) in [4.78, 5) is 14.7. The fraction of sp³-hybridized carbons (Fsp3) is 0.208. The van der Waals surface area contributed by atoms with Gasteiger partial charge in [0, 0.05) is 22.3 Å². The minimum atomic E-state index is -3.78. The molecule has 3 aromatic carbocycles. The minimum Gasteiger partial charge on any atom is -0.497 e. The van der Waals surface area contributed by atoms with Gasteiger partial charge in [-0.1, -0.05) is 22.0 Å². The van der Waals surface area contributed by atoms with Crippen molar-refractivity contribution < 1.29 is 22.7 Å². The molecule has 0 fully saturated rings. The quantitative estimate of drug-likeness (QED) is 0.481. The van der Waals surface area contributed by atoms with Gasteiger partial charge in [-0.3, -0.25) is 9.52 Å². The first-order chi connectivity index (χ1) is 15.8. The van der Waals surface area contributed by atoms with E-state index in [4.69, 9.17) is 9.47 Å². The molecular weight excluding hydrogens is 508 g/mol. The van der Waals surface area contributed by atoms with Crippen molar-refractivity contribution in [3.05, 3.63) is 76.8 Å². The summed E-state index contributed by atoms with van der Waals surface area (Å²) in [6.07, 6.45) is 0.785. The van der Waals surface area contributed by atoms with E-state index in [1.165, 1.54) is 31.4 Å². The van der Waals surface area contributed by atoms with Crippen LogP contribution in [-0.2, 0) is 21.2 Å². The second-order valence-electron chi connectivity index (χ2n) is 7.69. The van der Waals surface area contributed by atoms with Gasteiger partial charge in [0.2, 0.25) is 0 Å². The summed E-state index contributed by atoms with van der Waals surface area (Å²) in [5.41, 5.74) is 2.40. The van der Waals surface area contributed by atoms with E-state index in [2.05, 4.69) is 20.7 Å². The molecule has 1 heterocycles. The number of amides is 1. The summed E-state index contributed by atoms with van der Waals surface area (Å²) in [5.74, 6) is 0.803. The Kier molecular flexibility index (Phi) is 6.62. The second-order valence-corrected chi connectivity index (χ2v) is 10.3. The van der Waals surface area contributed by atoms with Crippen LogP contribution in [0.4, 0.5) is 11.4 Å². The highest BCUT2D eigenvalue weighted by molar-refractivity contribution is 9.10. The average Bonchev–Trinajstić information content (AvgIpc) is 3.12. The third kappa shape index (κ3) is 5.15. The summed E-state index contributed by atoms with van der Waals surface area (Å²) in [6, 6.07) is 18.5. The lowest BCUT2D eigenvalue weighted by Crippen LogP contribution is -2.39. The van der Waals surface area contributed by atoms with Crippen LogP contribution >= 0.6 is 15.9 Å². The maximum absolute atomic E-state index is 12.8. The van der Waals surface area contributed by atoms with Crippen molar-refractivity contribution in [1.82, 2.24) is 0 Å². The summed E-state index contributed by atoms with van der Waals surface area (Å²) in [6.45, 7) is 1.86. The molecule has 1 atom stereocenters. The van der Waals surface area contributed by atoms with Gasteiger partial charge in [-0.25, -0.2) is 8.42 Å². The van der Waals surface area contributed by atoms with Crippen molar-refractivity contribution >= 4 is 43.2 Å². The molecule has 1 aliphatic rings. The second kappa shape index (κ2) is 9.44. The predicted octanol–water partition coefficient (Wildman–Crippen LogP) is 4.62. The van der Waals surface area contributed by atoms with Crippen molar-refractivity contribution in [3.8, 4) is 11.5 Å². The number of hydrogen-bond acceptors (Lipinski definition) is 5. The number of carbonyl (C=O) groups excluding carboxylic acids is 1. The van der Waals surface area contributed by atoms with E-state index in [0.29, 0.717) is 17.2 Å². The average molecular weight is 531 g/mol. The Morgan fingerprint density at radius 1 is 1.09 bits per heavy atom. The van der Waals surface area contributed by atoms with E-state index >= 15 is 0 Å². The Morgan fingerprint density at radius 2 is 1.85 bits per heavy atom. The number of ether oxygens (including phenoxy) is 2. The Morgan fingerprint density at radius 3 is 2.58 bits per heavy atom. The smallest absolute Gasteiger partial charge is 0.265 e. The highest BCUT2D eigenvalue weighted by Gasteiger charge is 2.31. The number of anilines is 2. The van der Waals surface area contributed by atoms with Crippen molar-refractivity contribution in [2.45, 2.75) is 24.3 Å². The minimum absolute atomic E-state index is 0.0422. The van der Waals surface area contributed by atoms with Crippen molar-refractivity contribution in [1.29, 1.82) is 0 Å². The van der Waals surface area contributed by atoms with Crippen molar-refractivity contribution in [2.75, 3.05) is 23.3 Å². The van der Waals surface area contributed by atoms with Gasteiger partial charge in [-0.2, -0.15) is 0 Å². The molecule has 0 saturated carbocycles. The number of rotatable bonds is 7. The maximum Gasteiger partial charge on any atom is 0.265 e. The van der Waals surface area contributed by atoms with E-state index in [9.17, 15) is 13.2 Å². The molecule has 0 bridgehead atoms. The number of methoxy groups -OCH3 is 1. The lowest BCUT2D eigenvalue weighted by Gasteiger charge is -2.22. The molecule has 9 heteroatoms.